The topological polar surface area (TPSA) is 182 Å². The van der Waals surface area contributed by atoms with E-state index in [0.29, 0.717) is 0 Å². The molecular weight excluding hydrogens is 349 g/mol. The van der Waals surface area contributed by atoms with Gasteiger partial charge in [-0.25, -0.2) is 4.57 Å². The number of rotatable bonds is 5. The fourth-order valence-corrected chi connectivity index (χ4v) is 3.36. The van der Waals surface area contributed by atoms with Crippen LogP contribution in [0.15, 0.2) is 30.3 Å². The van der Waals surface area contributed by atoms with Crippen molar-refractivity contribution in [3.63, 3.8) is 0 Å². The number of phosphoric ester groups is 1. The molecule has 0 saturated heterocycles. The Morgan fingerprint density at radius 2 is 1.14 bits per heavy atom. The highest BCUT2D eigenvalue weighted by Gasteiger charge is 2.21. The van der Waals surface area contributed by atoms with E-state index in [9.17, 15) is 13.7 Å². The normalized spacial score (nSPS) is 12.3. The Hall–Kier alpha value is -0.530. The summed E-state index contributed by atoms with van der Waals surface area (Å²) in [7, 11) is -12.9. The van der Waals surface area contributed by atoms with Crippen LogP contribution in [-0.2, 0) is 13.7 Å². The smallest absolute Gasteiger partial charge is 0.404 e. The number of phosphoric acid groups is 1. The Kier molecular flexibility index (Phi) is 7.99. The molecule has 0 atom stereocenters. The lowest BCUT2D eigenvalue weighted by Crippen LogP contribution is -1.95. The molecule has 0 heterocycles. The molecule has 10 nitrogen and oxygen atoms in total. The zero-order chi connectivity index (χ0) is 16.7. The minimum absolute atomic E-state index is 0.167. The Balaban J connectivity index is 0.000000384. The van der Waals surface area contributed by atoms with Gasteiger partial charge in [0.05, 0.1) is 12.3 Å². The lowest BCUT2D eigenvalue weighted by molar-refractivity contribution is 0.283. The summed E-state index contributed by atoms with van der Waals surface area (Å²) >= 11 is 0. The standard InChI is InChI=1S/C6H7O4P.C2H8O6P2/c7-11(8,9)10-6-4-2-1-3-5-6;3-9(4,5)1-2-10(6,7)8/h1-5H,(H2,7,8,9);1-2H2,(H2,3,4,5)(H2,6,7,8). The van der Waals surface area contributed by atoms with E-state index in [2.05, 4.69) is 4.52 Å². The molecule has 0 unspecified atom stereocenters. The molecule has 0 fully saturated rings. The van der Waals surface area contributed by atoms with Gasteiger partial charge in [0.2, 0.25) is 0 Å². The molecule has 0 radical (unpaired) electrons. The fourth-order valence-electron chi connectivity index (χ4n) is 0.879. The molecular formula is C8H15O10P3. The van der Waals surface area contributed by atoms with Gasteiger partial charge in [-0.05, 0) is 12.1 Å². The van der Waals surface area contributed by atoms with Gasteiger partial charge in [-0.2, -0.15) is 0 Å². The van der Waals surface area contributed by atoms with Gasteiger partial charge in [0.1, 0.15) is 5.75 Å². The molecule has 0 bridgehead atoms. The summed E-state index contributed by atoms with van der Waals surface area (Å²) in [5, 5.41) is 0. The second-order valence-electron chi connectivity index (χ2n) is 3.67. The molecule has 0 aliphatic rings. The van der Waals surface area contributed by atoms with Crippen molar-refractivity contribution in [2.24, 2.45) is 0 Å². The van der Waals surface area contributed by atoms with Gasteiger partial charge in [-0.15, -0.1) is 0 Å². The minimum atomic E-state index is -4.39. The molecule has 122 valence electrons. The molecule has 0 aliphatic heterocycles. The minimum Gasteiger partial charge on any atom is -0.404 e. The van der Waals surface area contributed by atoms with Gasteiger partial charge in [-0.1, -0.05) is 18.2 Å². The van der Waals surface area contributed by atoms with Crippen molar-refractivity contribution in [1.82, 2.24) is 0 Å². The van der Waals surface area contributed by atoms with Crippen LogP contribution in [0.4, 0.5) is 0 Å². The first-order valence-electron chi connectivity index (χ1n) is 5.18. The van der Waals surface area contributed by atoms with Crippen LogP contribution in [0.5, 0.6) is 5.75 Å². The van der Waals surface area contributed by atoms with Crippen molar-refractivity contribution in [1.29, 1.82) is 0 Å². The Labute approximate surface area is 120 Å². The van der Waals surface area contributed by atoms with E-state index in [1.54, 1.807) is 18.2 Å². The van der Waals surface area contributed by atoms with Crippen LogP contribution in [0, 0.1) is 0 Å². The van der Waals surface area contributed by atoms with Crippen LogP contribution in [0.2, 0.25) is 0 Å². The van der Waals surface area contributed by atoms with Crippen molar-refractivity contribution in [2.75, 3.05) is 12.3 Å². The maximum atomic E-state index is 10.3. The van der Waals surface area contributed by atoms with Crippen LogP contribution < -0.4 is 4.52 Å². The SMILES string of the molecule is O=P(O)(O)CCP(=O)(O)O.O=P(O)(O)Oc1ccccc1. The van der Waals surface area contributed by atoms with E-state index in [4.69, 9.17) is 29.4 Å². The quantitative estimate of drug-likeness (QED) is 0.402. The second kappa shape index (κ2) is 8.19. The van der Waals surface area contributed by atoms with Gasteiger partial charge < -0.3 is 24.1 Å². The molecule has 0 aliphatic carbocycles. The van der Waals surface area contributed by atoms with Crippen molar-refractivity contribution >= 4 is 23.0 Å². The van der Waals surface area contributed by atoms with E-state index in [1.807, 2.05) is 0 Å². The molecule has 1 aromatic carbocycles. The van der Waals surface area contributed by atoms with Crippen molar-refractivity contribution < 1.29 is 47.6 Å². The predicted octanol–water partition coefficient (Wildman–Crippen LogP) is 0.500. The van der Waals surface area contributed by atoms with E-state index >= 15 is 0 Å². The van der Waals surface area contributed by atoms with E-state index in [0.717, 1.165) is 0 Å². The molecule has 0 aromatic heterocycles. The molecule has 1 rings (SSSR count). The highest BCUT2D eigenvalue weighted by molar-refractivity contribution is 7.56. The third-order valence-electron chi connectivity index (χ3n) is 1.65. The third kappa shape index (κ3) is 15.7. The van der Waals surface area contributed by atoms with Crippen LogP contribution in [0.25, 0.3) is 0 Å². The van der Waals surface area contributed by atoms with E-state index in [1.165, 1.54) is 12.1 Å². The monoisotopic (exact) mass is 364 g/mol. The lowest BCUT2D eigenvalue weighted by Gasteiger charge is -2.04. The Morgan fingerprint density at radius 1 is 0.762 bits per heavy atom. The van der Waals surface area contributed by atoms with Crippen molar-refractivity contribution in [2.45, 2.75) is 0 Å². The van der Waals surface area contributed by atoms with E-state index in [-0.39, 0.29) is 5.75 Å². The highest BCUT2D eigenvalue weighted by Crippen LogP contribution is 2.42. The molecule has 13 heteroatoms. The average Bonchev–Trinajstić information content (AvgIpc) is 2.24. The van der Waals surface area contributed by atoms with Gasteiger partial charge in [0, 0.05) is 0 Å². The van der Waals surface area contributed by atoms with Crippen molar-refractivity contribution in [3.05, 3.63) is 30.3 Å². The average molecular weight is 364 g/mol. The van der Waals surface area contributed by atoms with Gasteiger partial charge in [0.25, 0.3) is 0 Å². The van der Waals surface area contributed by atoms with Crippen LogP contribution in [0.3, 0.4) is 0 Å². The number of hydrogen-bond donors (Lipinski definition) is 6. The summed E-state index contributed by atoms with van der Waals surface area (Å²) in [5.74, 6) is 0.167. The molecule has 21 heavy (non-hydrogen) atoms. The van der Waals surface area contributed by atoms with Crippen LogP contribution >= 0.6 is 23.0 Å². The number of hydrogen-bond acceptors (Lipinski definition) is 4. The first-order chi connectivity index (χ1) is 9.29. The first kappa shape index (κ1) is 20.5. The van der Waals surface area contributed by atoms with Crippen LogP contribution in [-0.4, -0.2) is 41.7 Å². The third-order valence-corrected chi connectivity index (χ3v) is 4.06. The molecule has 0 spiro atoms. The number of para-hydroxylation sites is 1. The van der Waals surface area contributed by atoms with Crippen molar-refractivity contribution in [3.8, 4) is 5.75 Å². The van der Waals surface area contributed by atoms with Gasteiger partial charge in [-0.3, -0.25) is 18.9 Å². The molecule has 0 saturated carbocycles. The van der Waals surface area contributed by atoms with Gasteiger partial charge in [0.15, 0.2) is 0 Å². The Morgan fingerprint density at radius 3 is 1.43 bits per heavy atom. The summed E-state index contributed by atoms with van der Waals surface area (Å²) in [5.41, 5.74) is 0. The molecule has 6 N–H and O–H groups in total. The zero-order valence-corrected chi connectivity index (χ0v) is 13.1. The van der Waals surface area contributed by atoms with Gasteiger partial charge >= 0.3 is 23.0 Å². The summed E-state index contributed by atoms with van der Waals surface area (Å²) in [4.78, 5) is 49.3. The van der Waals surface area contributed by atoms with E-state index < -0.39 is 35.3 Å². The highest BCUT2D eigenvalue weighted by atomic mass is 31.2. The summed E-state index contributed by atoms with van der Waals surface area (Å²) < 4.78 is 34.6. The second-order valence-corrected chi connectivity index (χ2v) is 8.39. The first-order valence-corrected chi connectivity index (χ1v) is 10.3. The summed E-state index contributed by atoms with van der Waals surface area (Å²) in [6.45, 7) is 0. The molecule has 0 amide bonds. The zero-order valence-electron chi connectivity index (χ0n) is 10.5. The fraction of sp³-hybridized carbons (Fsp3) is 0.250. The summed E-state index contributed by atoms with van der Waals surface area (Å²) in [6, 6.07) is 7.93. The molecule has 1 aromatic rings. The maximum absolute atomic E-state index is 10.3. The van der Waals surface area contributed by atoms with Crippen LogP contribution in [0.1, 0.15) is 0 Å². The Bertz CT molecular complexity index is 533. The maximum Gasteiger partial charge on any atom is 0.524 e. The number of benzene rings is 1. The summed E-state index contributed by atoms with van der Waals surface area (Å²) in [6.07, 6.45) is -1.53. The lowest BCUT2D eigenvalue weighted by atomic mass is 10.3. The predicted molar refractivity (Wildman–Crippen MR) is 72.9 cm³/mol. The largest absolute Gasteiger partial charge is 0.524 e.